The number of nitrogens with one attached hydrogen (secondary N) is 2. The van der Waals surface area contributed by atoms with Crippen LogP contribution in [0, 0.1) is 18.3 Å². The van der Waals surface area contributed by atoms with E-state index in [-0.39, 0.29) is 23.6 Å². The largest absolute Gasteiger partial charge is 0.611 e. The van der Waals surface area contributed by atoms with Crippen molar-refractivity contribution in [3.8, 4) is 12.3 Å². The molecule has 1 saturated heterocycles. The first-order valence-electron chi connectivity index (χ1n) is 7.15. The molecule has 0 spiro atoms. The first-order chi connectivity index (χ1) is 10.5. The lowest BCUT2D eigenvalue weighted by molar-refractivity contribution is -0.125. The number of hydrogen-bond donors (Lipinski definition) is 2. The molecule has 3 unspecified atom stereocenters. The lowest BCUT2D eigenvalue weighted by atomic mass is 9.90. The van der Waals surface area contributed by atoms with Crippen LogP contribution in [0.25, 0.3) is 6.08 Å². The molecule has 2 N–H and O–H groups in total. The minimum absolute atomic E-state index is 0.0169. The molecule has 5 heteroatoms. The zero-order valence-corrected chi connectivity index (χ0v) is 13.6. The van der Waals surface area contributed by atoms with E-state index in [9.17, 15) is 9.35 Å². The van der Waals surface area contributed by atoms with Crippen molar-refractivity contribution in [3.05, 3.63) is 35.4 Å². The monoisotopic (exact) mass is 316 g/mol. The lowest BCUT2D eigenvalue weighted by Gasteiger charge is -2.30. The van der Waals surface area contributed by atoms with Crippen LogP contribution < -0.4 is 10.9 Å². The van der Waals surface area contributed by atoms with Gasteiger partial charge in [0, 0.05) is 12.5 Å². The van der Waals surface area contributed by atoms with Crippen molar-refractivity contribution in [2.45, 2.75) is 31.2 Å². The highest BCUT2D eigenvalue weighted by Gasteiger charge is 2.26. The van der Waals surface area contributed by atoms with Gasteiger partial charge in [0.05, 0.1) is 6.04 Å². The van der Waals surface area contributed by atoms with Gasteiger partial charge in [-0.3, -0.25) is 10.2 Å². The third-order valence-corrected chi connectivity index (χ3v) is 4.87. The molecule has 1 aromatic carbocycles. The van der Waals surface area contributed by atoms with Gasteiger partial charge in [-0.05, 0) is 35.6 Å². The van der Waals surface area contributed by atoms with Crippen molar-refractivity contribution in [2.75, 3.05) is 5.75 Å². The molecular formula is C17H20N2O2S. The summed E-state index contributed by atoms with van der Waals surface area (Å²) in [5.74, 6) is 2.89. The van der Waals surface area contributed by atoms with E-state index in [0.717, 1.165) is 16.0 Å². The topological polar surface area (TPSA) is 64.2 Å². The standard InChI is InChI=1S/C17H20N2O2S/c1-4-8-22(21)15-7-5-6-14(11-15)9-12(2)17-13(3)10-16(20)18-19-17/h1,5-7,9,11,13,17,19H,8,10H2,2-3H3,(H,18,20)/b12-9+. The Labute approximate surface area is 134 Å². The highest BCUT2D eigenvalue weighted by molar-refractivity contribution is 7.91. The molecule has 1 heterocycles. The number of amides is 1. The van der Waals surface area contributed by atoms with Gasteiger partial charge in [0.25, 0.3) is 0 Å². The molecular weight excluding hydrogens is 296 g/mol. The average Bonchev–Trinajstić information content (AvgIpc) is 2.47. The van der Waals surface area contributed by atoms with E-state index in [0.29, 0.717) is 6.42 Å². The van der Waals surface area contributed by atoms with Crippen LogP contribution in [0.4, 0.5) is 0 Å². The predicted octanol–water partition coefficient (Wildman–Crippen LogP) is 1.86. The fraction of sp³-hybridized carbons (Fsp3) is 0.353. The molecule has 0 bridgehead atoms. The number of rotatable bonds is 4. The zero-order valence-electron chi connectivity index (χ0n) is 12.8. The first-order valence-corrected chi connectivity index (χ1v) is 8.47. The zero-order chi connectivity index (χ0) is 16.1. The summed E-state index contributed by atoms with van der Waals surface area (Å²) in [5.41, 5.74) is 7.81. The Balaban J connectivity index is 2.16. The molecule has 2 rings (SSSR count). The average molecular weight is 316 g/mol. The maximum absolute atomic E-state index is 12.0. The fourth-order valence-corrected chi connectivity index (χ4v) is 3.40. The van der Waals surface area contributed by atoms with Crippen molar-refractivity contribution in [1.29, 1.82) is 0 Å². The second kappa shape index (κ2) is 7.50. The van der Waals surface area contributed by atoms with Crippen molar-refractivity contribution in [2.24, 2.45) is 5.92 Å². The minimum atomic E-state index is -1.16. The molecule has 1 aliphatic heterocycles. The molecule has 1 aliphatic rings. The van der Waals surface area contributed by atoms with E-state index < -0.39 is 11.2 Å². The summed E-state index contributed by atoms with van der Waals surface area (Å²) in [6, 6.07) is 7.65. The van der Waals surface area contributed by atoms with Crippen molar-refractivity contribution < 1.29 is 9.35 Å². The Hall–Kier alpha value is -1.74. The number of hydrogen-bond acceptors (Lipinski definition) is 3. The summed E-state index contributed by atoms with van der Waals surface area (Å²) >= 11 is -1.16. The Morgan fingerprint density at radius 1 is 1.59 bits per heavy atom. The Morgan fingerprint density at radius 3 is 3.05 bits per heavy atom. The Bertz CT molecular complexity index is 621. The Kier molecular flexibility index (Phi) is 5.67. The highest BCUT2D eigenvalue weighted by Crippen LogP contribution is 2.21. The van der Waals surface area contributed by atoms with Crippen LogP contribution in [-0.4, -0.2) is 22.3 Å². The molecule has 4 nitrogen and oxygen atoms in total. The third kappa shape index (κ3) is 4.14. The van der Waals surface area contributed by atoms with Crippen LogP contribution >= 0.6 is 0 Å². The summed E-state index contributed by atoms with van der Waals surface area (Å²) < 4.78 is 12.0. The predicted molar refractivity (Wildman–Crippen MR) is 89.0 cm³/mol. The van der Waals surface area contributed by atoms with E-state index in [2.05, 4.69) is 16.8 Å². The van der Waals surface area contributed by atoms with Crippen LogP contribution in [0.1, 0.15) is 25.8 Å². The SMILES string of the molecule is C#CC[S+]([O-])c1cccc(/C=C(\C)C2NNC(=O)CC2C)c1. The molecule has 0 aromatic heterocycles. The van der Waals surface area contributed by atoms with Crippen LogP contribution in [0.5, 0.6) is 0 Å². The maximum atomic E-state index is 12.0. The van der Waals surface area contributed by atoms with Gasteiger partial charge < -0.3 is 4.55 Å². The van der Waals surface area contributed by atoms with Crippen LogP contribution in [-0.2, 0) is 16.0 Å². The molecule has 0 aliphatic carbocycles. The number of terminal acetylenes is 1. The molecule has 116 valence electrons. The summed E-state index contributed by atoms with van der Waals surface area (Å²) in [5, 5.41) is 0. The van der Waals surface area contributed by atoms with E-state index >= 15 is 0 Å². The normalized spacial score (nSPS) is 23.5. The lowest BCUT2D eigenvalue weighted by Crippen LogP contribution is -2.53. The summed E-state index contributed by atoms with van der Waals surface area (Å²) in [7, 11) is 0. The second-order valence-corrected chi connectivity index (χ2v) is 6.96. The fourth-order valence-electron chi connectivity index (χ4n) is 2.58. The van der Waals surface area contributed by atoms with Crippen molar-refractivity contribution in [1.82, 2.24) is 10.9 Å². The number of benzene rings is 1. The third-order valence-electron chi connectivity index (χ3n) is 3.66. The van der Waals surface area contributed by atoms with Crippen molar-refractivity contribution >= 4 is 23.2 Å². The summed E-state index contributed by atoms with van der Waals surface area (Å²) in [6.07, 6.45) is 7.76. The maximum Gasteiger partial charge on any atom is 0.234 e. The molecule has 22 heavy (non-hydrogen) atoms. The first kappa shape index (κ1) is 16.6. The van der Waals surface area contributed by atoms with Gasteiger partial charge in [-0.15, -0.1) is 6.42 Å². The molecule has 3 atom stereocenters. The summed E-state index contributed by atoms with van der Waals surface area (Å²) in [6.45, 7) is 4.07. The quantitative estimate of drug-likeness (QED) is 0.658. The minimum Gasteiger partial charge on any atom is -0.611 e. The second-order valence-electron chi connectivity index (χ2n) is 5.51. The van der Waals surface area contributed by atoms with Gasteiger partial charge in [0.1, 0.15) is 0 Å². The molecule has 0 radical (unpaired) electrons. The van der Waals surface area contributed by atoms with Crippen LogP contribution in [0.15, 0.2) is 34.7 Å². The molecule has 1 amide bonds. The summed E-state index contributed by atoms with van der Waals surface area (Å²) in [4.78, 5) is 12.1. The smallest absolute Gasteiger partial charge is 0.234 e. The van der Waals surface area contributed by atoms with Gasteiger partial charge in [-0.25, -0.2) is 5.43 Å². The van der Waals surface area contributed by atoms with Gasteiger partial charge in [-0.1, -0.05) is 36.6 Å². The van der Waals surface area contributed by atoms with E-state index in [1.165, 1.54) is 0 Å². The number of carbonyl (C=O) groups is 1. The van der Waals surface area contributed by atoms with Gasteiger partial charge >= 0.3 is 0 Å². The molecule has 0 saturated carbocycles. The molecule has 1 aromatic rings. The van der Waals surface area contributed by atoms with Crippen LogP contribution in [0.3, 0.4) is 0 Å². The van der Waals surface area contributed by atoms with Gasteiger partial charge in [0.15, 0.2) is 10.6 Å². The van der Waals surface area contributed by atoms with Gasteiger partial charge in [-0.2, -0.15) is 0 Å². The van der Waals surface area contributed by atoms with Crippen LogP contribution in [0.2, 0.25) is 0 Å². The van der Waals surface area contributed by atoms with Crippen molar-refractivity contribution in [3.63, 3.8) is 0 Å². The van der Waals surface area contributed by atoms with E-state index in [1.807, 2.05) is 44.2 Å². The Morgan fingerprint density at radius 2 is 2.36 bits per heavy atom. The van der Waals surface area contributed by atoms with E-state index in [1.54, 1.807) is 0 Å². The number of hydrazine groups is 1. The van der Waals surface area contributed by atoms with Gasteiger partial charge in [0.2, 0.25) is 5.91 Å². The van der Waals surface area contributed by atoms with E-state index in [4.69, 9.17) is 6.42 Å². The number of carbonyl (C=O) groups excluding carboxylic acids is 1. The molecule has 1 fully saturated rings. The highest BCUT2D eigenvalue weighted by atomic mass is 32.2.